The van der Waals surface area contributed by atoms with Gasteiger partial charge in [0.2, 0.25) is 0 Å². The van der Waals surface area contributed by atoms with E-state index in [1.54, 1.807) is 0 Å². The maximum atomic E-state index is 11.7. The fourth-order valence-electron chi connectivity index (χ4n) is 9.79. The second-order valence-electron chi connectivity index (χ2n) is 13.4. The summed E-state index contributed by atoms with van der Waals surface area (Å²) in [6.07, 6.45) is 11.3. The van der Waals surface area contributed by atoms with E-state index >= 15 is 0 Å². The minimum absolute atomic E-state index is 0.0201. The van der Waals surface area contributed by atoms with Crippen LogP contribution in [-0.4, -0.2) is 33.6 Å². The molecule has 4 fully saturated rings. The van der Waals surface area contributed by atoms with E-state index in [2.05, 4.69) is 60.6 Å². The van der Waals surface area contributed by atoms with Gasteiger partial charge in [-0.2, -0.15) is 0 Å². The Balaban J connectivity index is 1.66. The second-order valence-corrected chi connectivity index (χ2v) is 13.4. The SMILES string of the molecule is CCC1(C)C(O)CCC2(C)C3CC(O)C4C(C(C)=CCC=C(C)C)CCC4(C)C3CC(O)C12. The van der Waals surface area contributed by atoms with Gasteiger partial charge >= 0.3 is 0 Å². The van der Waals surface area contributed by atoms with Gasteiger partial charge in [-0.15, -0.1) is 0 Å². The molecule has 188 valence electrons. The molecule has 33 heavy (non-hydrogen) atoms. The van der Waals surface area contributed by atoms with E-state index in [0.29, 0.717) is 23.7 Å². The number of hydrogen-bond acceptors (Lipinski definition) is 3. The van der Waals surface area contributed by atoms with E-state index in [9.17, 15) is 15.3 Å². The molecule has 0 aliphatic heterocycles. The van der Waals surface area contributed by atoms with Gasteiger partial charge in [-0.1, -0.05) is 51.0 Å². The molecule has 0 spiro atoms. The Bertz CT molecular complexity index is 796. The van der Waals surface area contributed by atoms with Gasteiger partial charge in [0.05, 0.1) is 18.3 Å². The zero-order valence-corrected chi connectivity index (χ0v) is 22.3. The first kappa shape index (κ1) is 25.5. The van der Waals surface area contributed by atoms with Crippen LogP contribution in [0, 0.1) is 45.8 Å². The first-order valence-electron chi connectivity index (χ1n) is 13.7. The van der Waals surface area contributed by atoms with Crippen LogP contribution in [0.5, 0.6) is 0 Å². The van der Waals surface area contributed by atoms with Gasteiger partial charge in [-0.3, -0.25) is 0 Å². The van der Waals surface area contributed by atoms with E-state index in [4.69, 9.17) is 0 Å². The van der Waals surface area contributed by atoms with Crippen molar-refractivity contribution in [3.63, 3.8) is 0 Å². The van der Waals surface area contributed by atoms with Crippen molar-refractivity contribution in [3.05, 3.63) is 23.3 Å². The molecule has 0 aromatic heterocycles. The Morgan fingerprint density at radius 1 is 0.848 bits per heavy atom. The number of hydrogen-bond donors (Lipinski definition) is 3. The molecule has 0 aromatic rings. The van der Waals surface area contributed by atoms with Crippen molar-refractivity contribution in [1.82, 2.24) is 0 Å². The Morgan fingerprint density at radius 2 is 1.45 bits per heavy atom. The number of fused-ring (bicyclic) bond motifs is 5. The number of aliphatic hydroxyl groups is 3. The molecule has 0 heterocycles. The maximum Gasteiger partial charge on any atom is 0.0597 e. The van der Waals surface area contributed by atoms with E-state index in [1.165, 1.54) is 11.1 Å². The second kappa shape index (κ2) is 8.79. The molecule has 3 heteroatoms. The van der Waals surface area contributed by atoms with E-state index in [-0.39, 0.29) is 40.5 Å². The quantitative estimate of drug-likeness (QED) is 0.435. The summed E-state index contributed by atoms with van der Waals surface area (Å²) in [5, 5.41) is 34.3. The Labute approximate surface area is 202 Å². The van der Waals surface area contributed by atoms with Crippen molar-refractivity contribution < 1.29 is 15.3 Å². The lowest BCUT2D eigenvalue weighted by Crippen LogP contribution is -2.66. The van der Waals surface area contributed by atoms with E-state index in [0.717, 1.165) is 51.4 Å². The van der Waals surface area contributed by atoms with Gasteiger partial charge in [0.15, 0.2) is 0 Å². The minimum atomic E-state index is -0.364. The summed E-state index contributed by atoms with van der Waals surface area (Å²) in [6.45, 7) is 15.8. The normalized spacial score (nSPS) is 52.0. The number of aliphatic hydroxyl groups excluding tert-OH is 3. The largest absolute Gasteiger partial charge is 0.393 e. The van der Waals surface area contributed by atoms with Crippen molar-refractivity contribution in [2.24, 2.45) is 45.8 Å². The monoisotopic (exact) mass is 458 g/mol. The Hall–Kier alpha value is -0.640. The molecule has 0 radical (unpaired) electrons. The minimum Gasteiger partial charge on any atom is -0.393 e. The molecule has 4 saturated carbocycles. The van der Waals surface area contributed by atoms with Crippen LogP contribution in [0.25, 0.3) is 0 Å². The zero-order valence-electron chi connectivity index (χ0n) is 22.3. The third kappa shape index (κ3) is 3.80. The van der Waals surface area contributed by atoms with Gasteiger partial charge in [0.1, 0.15) is 0 Å². The van der Waals surface area contributed by atoms with Crippen molar-refractivity contribution >= 4 is 0 Å². The van der Waals surface area contributed by atoms with E-state index in [1.807, 2.05) is 0 Å². The molecular weight excluding hydrogens is 408 g/mol. The molecule has 11 atom stereocenters. The first-order chi connectivity index (χ1) is 15.4. The van der Waals surface area contributed by atoms with Crippen LogP contribution in [0.2, 0.25) is 0 Å². The highest BCUT2D eigenvalue weighted by Crippen LogP contribution is 2.71. The van der Waals surface area contributed by atoms with Crippen LogP contribution >= 0.6 is 0 Å². The Morgan fingerprint density at radius 3 is 2.09 bits per heavy atom. The zero-order chi connectivity index (χ0) is 24.3. The van der Waals surface area contributed by atoms with Crippen LogP contribution in [0.3, 0.4) is 0 Å². The standard InChI is InChI=1S/C30H50O3/c1-8-28(5)25(33)13-15-30(7)22-16-23(31)26-20(19(4)11-9-10-18(2)3)12-14-29(26,6)21(22)17-24(32)27(28)30/h10-11,20-27,31-33H,8-9,12-17H2,1-7H3. The molecule has 0 bridgehead atoms. The molecule has 11 unspecified atom stereocenters. The molecule has 4 aliphatic carbocycles. The summed E-state index contributed by atoms with van der Waals surface area (Å²) in [5.41, 5.74) is 2.60. The average molecular weight is 459 g/mol. The highest BCUT2D eigenvalue weighted by atomic mass is 16.3. The van der Waals surface area contributed by atoms with Crippen molar-refractivity contribution in [2.45, 2.75) is 118 Å². The van der Waals surface area contributed by atoms with E-state index < -0.39 is 0 Å². The van der Waals surface area contributed by atoms with Crippen LogP contribution in [0.4, 0.5) is 0 Å². The lowest BCUT2D eigenvalue weighted by atomic mass is 9.38. The van der Waals surface area contributed by atoms with Crippen molar-refractivity contribution in [3.8, 4) is 0 Å². The summed E-state index contributed by atoms with van der Waals surface area (Å²) in [7, 11) is 0. The summed E-state index contributed by atoms with van der Waals surface area (Å²) in [4.78, 5) is 0. The summed E-state index contributed by atoms with van der Waals surface area (Å²) in [5.74, 6) is 1.73. The third-order valence-electron chi connectivity index (χ3n) is 11.6. The van der Waals surface area contributed by atoms with Gasteiger partial charge < -0.3 is 15.3 Å². The topological polar surface area (TPSA) is 60.7 Å². The lowest BCUT2D eigenvalue weighted by Gasteiger charge is -2.67. The first-order valence-corrected chi connectivity index (χ1v) is 13.7. The smallest absolute Gasteiger partial charge is 0.0597 e. The molecule has 4 rings (SSSR count). The Kier molecular flexibility index (Phi) is 6.78. The van der Waals surface area contributed by atoms with Crippen molar-refractivity contribution in [1.29, 1.82) is 0 Å². The highest BCUT2D eigenvalue weighted by Gasteiger charge is 2.68. The molecule has 3 nitrogen and oxygen atoms in total. The lowest BCUT2D eigenvalue weighted by molar-refractivity contribution is -0.241. The molecule has 0 aromatic carbocycles. The number of rotatable bonds is 4. The highest BCUT2D eigenvalue weighted by molar-refractivity contribution is 5.21. The fourth-order valence-corrected chi connectivity index (χ4v) is 9.79. The molecular formula is C30H50O3. The van der Waals surface area contributed by atoms with Gasteiger partial charge in [0.25, 0.3) is 0 Å². The van der Waals surface area contributed by atoms with Crippen molar-refractivity contribution in [2.75, 3.05) is 0 Å². The molecule has 4 aliphatic rings. The predicted molar refractivity (Wildman–Crippen MR) is 136 cm³/mol. The summed E-state index contributed by atoms with van der Waals surface area (Å²) in [6, 6.07) is 0. The van der Waals surface area contributed by atoms with Gasteiger partial charge in [-0.05, 0) is 118 Å². The maximum absolute atomic E-state index is 11.7. The molecule has 3 N–H and O–H groups in total. The third-order valence-corrected chi connectivity index (χ3v) is 11.6. The van der Waals surface area contributed by atoms with Crippen LogP contribution < -0.4 is 0 Å². The number of allylic oxidation sites excluding steroid dienone is 4. The van der Waals surface area contributed by atoms with Crippen LogP contribution in [0.1, 0.15) is 99.8 Å². The van der Waals surface area contributed by atoms with Gasteiger partial charge in [0, 0.05) is 0 Å². The van der Waals surface area contributed by atoms with Crippen LogP contribution in [0.15, 0.2) is 23.3 Å². The van der Waals surface area contributed by atoms with Crippen LogP contribution in [-0.2, 0) is 0 Å². The molecule has 0 amide bonds. The predicted octanol–water partition coefficient (Wildman–Crippen LogP) is 6.28. The summed E-state index contributed by atoms with van der Waals surface area (Å²) >= 11 is 0. The average Bonchev–Trinajstić information content (AvgIpc) is 3.11. The van der Waals surface area contributed by atoms with Gasteiger partial charge in [-0.25, -0.2) is 0 Å². The summed E-state index contributed by atoms with van der Waals surface area (Å²) < 4.78 is 0. The molecule has 0 saturated heterocycles. The fraction of sp³-hybridized carbons (Fsp3) is 0.867.